The van der Waals surface area contributed by atoms with Crippen LogP contribution in [-0.2, 0) is 16.6 Å². The number of hydrogen-bond acceptors (Lipinski definition) is 4. The number of sulfonamides is 1. The molecule has 0 spiro atoms. The summed E-state index contributed by atoms with van der Waals surface area (Å²) in [5.74, 6) is 0.609. The molecule has 0 aromatic carbocycles. The molecular formula is C14H25BrN2O3S. The minimum atomic E-state index is -3.55. The molecule has 1 aromatic heterocycles. The highest BCUT2D eigenvalue weighted by atomic mass is 79.9. The summed E-state index contributed by atoms with van der Waals surface area (Å²) in [4.78, 5) is 0.183. The fourth-order valence-electron chi connectivity index (χ4n) is 1.97. The third-order valence-corrected chi connectivity index (χ3v) is 5.48. The second-order valence-corrected chi connectivity index (χ2v) is 9.08. The molecule has 0 saturated carbocycles. The van der Waals surface area contributed by atoms with Gasteiger partial charge in [0.25, 0.3) is 0 Å². The monoisotopic (exact) mass is 380 g/mol. The van der Waals surface area contributed by atoms with Gasteiger partial charge in [-0.1, -0.05) is 27.7 Å². The van der Waals surface area contributed by atoms with Crippen LogP contribution in [0.25, 0.3) is 0 Å². The molecule has 0 fully saturated rings. The van der Waals surface area contributed by atoms with Crippen molar-refractivity contribution in [3.63, 3.8) is 0 Å². The minimum absolute atomic E-state index is 0.108. The first-order chi connectivity index (χ1) is 9.58. The third kappa shape index (κ3) is 5.39. The van der Waals surface area contributed by atoms with Gasteiger partial charge >= 0.3 is 0 Å². The zero-order valence-electron chi connectivity index (χ0n) is 13.4. The molecule has 1 aromatic rings. The Hall–Kier alpha value is -0.370. The molecule has 0 aliphatic rings. The molecule has 1 rings (SSSR count). The lowest BCUT2D eigenvalue weighted by molar-refractivity contribution is 0.310. The van der Waals surface area contributed by atoms with Gasteiger partial charge in [-0.25, -0.2) is 12.7 Å². The maximum absolute atomic E-state index is 12.6. The zero-order chi connectivity index (χ0) is 16.3. The van der Waals surface area contributed by atoms with E-state index in [1.54, 1.807) is 13.1 Å². The molecule has 0 unspecified atom stereocenters. The van der Waals surface area contributed by atoms with Crippen molar-refractivity contribution >= 4 is 26.0 Å². The Bertz CT molecular complexity index is 561. The van der Waals surface area contributed by atoms with E-state index in [1.807, 2.05) is 20.8 Å². The molecular weight excluding hydrogens is 356 g/mol. The van der Waals surface area contributed by atoms with Gasteiger partial charge in [-0.3, -0.25) is 0 Å². The lowest BCUT2D eigenvalue weighted by atomic mass is 9.97. The van der Waals surface area contributed by atoms with Gasteiger partial charge < -0.3 is 9.73 Å². The van der Waals surface area contributed by atoms with Crippen molar-refractivity contribution in [2.45, 2.75) is 45.6 Å². The summed E-state index contributed by atoms with van der Waals surface area (Å²) < 4.78 is 32.3. The molecule has 0 aliphatic heterocycles. The average Bonchev–Trinajstić information content (AvgIpc) is 2.69. The van der Waals surface area contributed by atoms with Crippen LogP contribution in [0.1, 0.15) is 39.9 Å². The van der Waals surface area contributed by atoms with Crippen molar-refractivity contribution in [1.82, 2.24) is 9.62 Å². The first kappa shape index (κ1) is 18.7. The Morgan fingerprint density at radius 2 is 2.00 bits per heavy atom. The largest absolute Gasteiger partial charge is 0.452 e. The number of halogens is 1. The summed E-state index contributed by atoms with van der Waals surface area (Å²) in [6.07, 6.45) is 1.02. The molecule has 5 nitrogen and oxygen atoms in total. The van der Waals surface area contributed by atoms with E-state index in [-0.39, 0.29) is 15.0 Å². The predicted octanol–water partition coefficient (Wildman–Crippen LogP) is 3.21. The summed E-state index contributed by atoms with van der Waals surface area (Å²) in [6, 6.07) is 1.58. The van der Waals surface area contributed by atoms with Crippen LogP contribution in [0.3, 0.4) is 0 Å². The van der Waals surface area contributed by atoms with Crippen LogP contribution in [0.4, 0.5) is 0 Å². The van der Waals surface area contributed by atoms with Crippen LogP contribution in [-0.4, -0.2) is 32.9 Å². The molecule has 122 valence electrons. The highest BCUT2D eigenvalue weighted by molar-refractivity contribution is 9.10. The van der Waals surface area contributed by atoms with E-state index in [1.165, 1.54) is 4.31 Å². The number of hydrogen-bond donors (Lipinski definition) is 1. The maximum atomic E-state index is 12.6. The van der Waals surface area contributed by atoms with E-state index in [9.17, 15) is 8.42 Å². The van der Waals surface area contributed by atoms with E-state index in [4.69, 9.17) is 4.42 Å². The van der Waals surface area contributed by atoms with Crippen molar-refractivity contribution in [3.05, 3.63) is 16.5 Å². The SMILES string of the molecule is CCCNCc1cc(S(=O)(=O)N(C)CC(C)(C)C)c(Br)o1. The lowest BCUT2D eigenvalue weighted by Gasteiger charge is -2.25. The molecule has 1 N–H and O–H groups in total. The molecule has 0 saturated heterocycles. The molecule has 7 heteroatoms. The first-order valence-electron chi connectivity index (χ1n) is 7.03. The number of nitrogens with zero attached hydrogens (tertiary/aromatic N) is 1. The third-order valence-electron chi connectivity index (χ3n) is 2.82. The van der Waals surface area contributed by atoms with Crippen LogP contribution in [0, 0.1) is 5.41 Å². The standard InChI is InChI=1S/C14H25BrN2O3S/c1-6-7-16-9-11-8-12(13(15)20-11)21(18,19)17(5)10-14(2,3)4/h8,16H,6-7,9-10H2,1-5H3. The number of furan rings is 1. The van der Waals surface area contributed by atoms with Gasteiger partial charge in [0.1, 0.15) is 10.7 Å². The molecule has 0 bridgehead atoms. The topological polar surface area (TPSA) is 62.6 Å². The molecule has 21 heavy (non-hydrogen) atoms. The van der Waals surface area contributed by atoms with E-state index in [0.717, 1.165) is 13.0 Å². The summed E-state index contributed by atoms with van der Waals surface area (Å²) in [5.41, 5.74) is -0.108. The summed E-state index contributed by atoms with van der Waals surface area (Å²) in [7, 11) is -1.96. The van der Waals surface area contributed by atoms with Crippen molar-refractivity contribution in [3.8, 4) is 0 Å². The van der Waals surface area contributed by atoms with Gasteiger partial charge in [-0.15, -0.1) is 0 Å². The van der Waals surface area contributed by atoms with Crippen LogP contribution >= 0.6 is 15.9 Å². The fourth-order valence-corrected chi connectivity index (χ4v) is 4.32. The van der Waals surface area contributed by atoms with Gasteiger partial charge in [-0.05, 0) is 34.3 Å². The minimum Gasteiger partial charge on any atom is -0.452 e. The van der Waals surface area contributed by atoms with Crippen LogP contribution < -0.4 is 5.32 Å². The Balaban J connectivity index is 2.93. The van der Waals surface area contributed by atoms with E-state index in [0.29, 0.717) is 18.8 Å². The molecule has 0 amide bonds. The summed E-state index contributed by atoms with van der Waals surface area (Å²) in [5, 5.41) is 3.19. The summed E-state index contributed by atoms with van der Waals surface area (Å²) in [6.45, 7) is 9.91. The van der Waals surface area contributed by atoms with Gasteiger partial charge in [0, 0.05) is 19.7 Å². The van der Waals surface area contributed by atoms with Crippen molar-refractivity contribution in [1.29, 1.82) is 0 Å². The van der Waals surface area contributed by atoms with Crippen molar-refractivity contribution < 1.29 is 12.8 Å². The highest BCUT2D eigenvalue weighted by Crippen LogP contribution is 2.29. The van der Waals surface area contributed by atoms with Crippen LogP contribution in [0.5, 0.6) is 0 Å². The average molecular weight is 381 g/mol. The van der Waals surface area contributed by atoms with Crippen LogP contribution in [0.2, 0.25) is 0 Å². The van der Waals surface area contributed by atoms with Crippen LogP contribution in [0.15, 0.2) is 20.0 Å². The molecule has 0 aliphatic carbocycles. The normalized spacial score (nSPS) is 13.1. The van der Waals surface area contributed by atoms with Gasteiger partial charge in [0.15, 0.2) is 4.67 Å². The smallest absolute Gasteiger partial charge is 0.247 e. The van der Waals surface area contributed by atoms with Crippen molar-refractivity contribution in [2.75, 3.05) is 20.1 Å². The van der Waals surface area contributed by atoms with Gasteiger partial charge in [-0.2, -0.15) is 0 Å². The molecule has 0 atom stereocenters. The quantitative estimate of drug-likeness (QED) is 0.737. The second kappa shape index (κ2) is 7.26. The van der Waals surface area contributed by atoms with E-state index >= 15 is 0 Å². The number of rotatable bonds is 7. The highest BCUT2D eigenvalue weighted by Gasteiger charge is 2.29. The van der Waals surface area contributed by atoms with E-state index in [2.05, 4.69) is 28.2 Å². The van der Waals surface area contributed by atoms with Crippen molar-refractivity contribution in [2.24, 2.45) is 5.41 Å². The number of nitrogens with one attached hydrogen (secondary N) is 1. The Labute approximate surface area is 136 Å². The summed E-state index contributed by atoms with van der Waals surface area (Å²) >= 11 is 3.21. The first-order valence-corrected chi connectivity index (χ1v) is 9.26. The lowest BCUT2D eigenvalue weighted by Crippen LogP contribution is -2.34. The maximum Gasteiger partial charge on any atom is 0.247 e. The molecule has 0 radical (unpaired) electrons. The van der Waals surface area contributed by atoms with Gasteiger partial charge in [0.05, 0.1) is 6.54 Å². The fraction of sp³-hybridized carbons (Fsp3) is 0.714. The predicted molar refractivity (Wildman–Crippen MR) is 87.7 cm³/mol. The second-order valence-electron chi connectivity index (χ2n) is 6.35. The Morgan fingerprint density at radius 1 is 1.38 bits per heavy atom. The molecule has 1 heterocycles. The van der Waals surface area contributed by atoms with Gasteiger partial charge in [0.2, 0.25) is 10.0 Å². The Morgan fingerprint density at radius 3 is 2.52 bits per heavy atom. The zero-order valence-corrected chi connectivity index (χ0v) is 15.8. The van der Waals surface area contributed by atoms with E-state index < -0.39 is 10.0 Å². The Kier molecular flexibility index (Phi) is 6.46.